The van der Waals surface area contributed by atoms with E-state index in [1.54, 1.807) is 0 Å². The summed E-state index contributed by atoms with van der Waals surface area (Å²) in [5.41, 5.74) is 9.21. The van der Waals surface area contributed by atoms with Crippen LogP contribution >= 0.6 is 0 Å². The van der Waals surface area contributed by atoms with Gasteiger partial charge in [-0.25, -0.2) is 0 Å². The summed E-state index contributed by atoms with van der Waals surface area (Å²) < 4.78 is 0. The van der Waals surface area contributed by atoms with Gasteiger partial charge in [0.1, 0.15) is 0 Å². The third-order valence-electron chi connectivity index (χ3n) is 3.39. The van der Waals surface area contributed by atoms with Crippen molar-refractivity contribution in [1.29, 1.82) is 0 Å². The summed E-state index contributed by atoms with van der Waals surface area (Å²) in [7, 11) is 0. The predicted octanol–water partition coefficient (Wildman–Crippen LogP) is 3.52. The Kier molecular flexibility index (Phi) is 4.74. The fourth-order valence-corrected chi connectivity index (χ4v) is 2.19. The van der Waals surface area contributed by atoms with Crippen LogP contribution in [0.1, 0.15) is 38.1 Å². The van der Waals surface area contributed by atoms with E-state index in [1.807, 2.05) is 25.3 Å². The molecule has 20 heavy (non-hydrogen) atoms. The maximum Gasteiger partial charge on any atom is 0.0569 e. The van der Waals surface area contributed by atoms with E-state index in [1.165, 1.54) is 5.56 Å². The Labute approximate surface area is 121 Å². The average molecular weight is 269 g/mol. The number of benzene rings is 1. The predicted molar refractivity (Wildman–Crippen MR) is 84.6 cm³/mol. The largest absolute Gasteiger partial charge is 0.364 e. The van der Waals surface area contributed by atoms with E-state index >= 15 is 0 Å². The van der Waals surface area contributed by atoms with E-state index in [0.717, 1.165) is 17.9 Å². The van der Waals surface area contributed by atoms with Gasteiger partial charge in [0.2, 0.25) is 0 Å². The minimum atomic E-state index is -0.0225. The van der Waals surface area contributed by atoms with Gasteiger partial charge in [0.05, 0.1) is 17.6 Å². The molecule has 1 heterocycles. The fourth-order valence-electron chi connectivity index (χ4n) is 2.19. The lowest BCUT2D eigenvalue weighted by atomic mass is 10.1. The van der Waals surface area contributed by atoms with Crippen LogP contribution in [-0.4, -0.2) is 11.0 Å². The Morgan fingerprint density at radius 1 is 1.05 bits per heavy atom. The molecular weight excluding hydrogens is 246 g/mol. The topological polar surface area (TPSA) is 42.1 Å². The molecule has 2 N–H and O–H groups in total. The van der Waals surface area contributed by atoms with Gasteiger partial charge in [0, 0.05) is 18.6 Å². The monoisotopic (exact) mass is 269 g/mol. The highest BCUT2D eigenvalue weighted by atomic mass is 15.2. The summed E-state index contributed by atoms with van der Waals surface area (Å²) >= 11 is 0. The molecule has 0 bridgehead atoms. The molecule has 0 spiro atoms. The van der Waals surface area contributed by atoms with Crippen LogP contribution in [0, 0.1) is 0 Å². The lowest BCUT2D eigenvalue weighted by Crippen LogP contribution is -2.30. The number of hydrogen-bond acceptors (Lipinski definition) is 3. The molecule has 2 rings (SSSR count). The number of rotatable bonds is 5. The Bertz CT molecular complexity index is 518. The first-order valence-corrected chi connectivity index (χ1v) is 7.10. The molecule has 1 atom stereocenters. The van der Waals surface area contributed by atoms with E-state index in [0.29, 0.717) is 6.04 Å². The first kappa shape index (κ1) is 14.5. The molecular formula is C17H23N3. The number of pyridine rings is 1. The molecule has 0 fully saturated rings. The lowest BCUT2D eigenvalue weighted by Gasteiger charge is -2.29. The van der Waals surface area contributed by atoms with Gasteiger partial charge < -0.3 is 10.6 Å². The normalized spacial score (nSPS) is 12.4. The highest BCUT2D eigenvalue weighted by molar-refractivity contribution is 5.46. The molecule has 2 aromatic rings. The van der Waals surface area contributed by atoms with Crippen molar-refractivity contribution in [2.24, 2.45) is 5.73 Å². The number of anilines is 1. The van der Waals surface area contributed by atoms with Gasteiger partial charge in [0.15, 0.2) is 0 Å². The molecule has 0 aliphatic heterocycles. The molecule has 0 amide bonds. The number of hydrogen-bond donors (Lipinski definition) is 1. The first-order valence-electron chi connectivity index (χ1n) is 7.10. The average Bonchev–Trinajstić information content (AvgIpc) is 2.45. The number of aromatic nitrogens is 1. The van der Waals surface area contributed by atoms with Crippen LogP contribution in [-0.2, 0) is 6.54 Å². The maximum atomic E-state index is 5.85. The third-order valence-corrected chi connectivity index (χ3v) is 3.39. The molecule has 1 aromatic carbocycles. The zero-order valence-corrected chi connectivity index (χ0v) is 12.5. The van der Waals surface area contributed by atoms with E-state index in [9.17, 15) is 0 Å². The zero-order valence-electron chi connectivity index (χ0n) is 12.5. The van der Waals surface area contributed by atoms with Gasteiger partial charge in [-0.15, -0.1) is 0 Å². The smallest absolute Gasteiger partial charge is 0.0569 e. The van der Waals surface area contributed by atoms with Gasteiger partial charge in [-0.2, -0.15) is 0 Å². The third kappa shape index (κ3) is 3.58. The highest BCUT2D eigenvalue weighted by Gasteiger charge is 2.12. The van der Waals surface area contributed by atoms with Crippen molar-refractivity contribution in [3.05, 3.63) is 59.9 Å². The van der Waals surface area contributed by atoms with Gasteiger partial charge in [0.25, 0.3) is 0 Å². The second-order valence-electron chi connectivity index (χ2n) is 5.44. The number of nitrogens with two attached hydrogens (primary N) is 1. The van der Waals surface area contributed by atoms with Crippen molar-refractivity contribution in [2.75, 3.05) is 4.90 Å². The summed E-state index contributed by atoms with van der Waals surface area (Å²) in [5.74, 6) is 0. The Hall–Kier alpha value is -1.87. The van der Waals surface area contributed by atoms with Crippen molar-refractivity contribution >= 4 is 5.69 Å². The van der Waals surface area contributed by atoms with E-state index in [2.05, 4.69) is 54.1 Å². The molecule has 106 valence electrons. The summed E-state index contributed by atoms with van der Waals surface area (Å²) in [6.45, 7) is 7.23. The van der Waals surface area contributed by atoms with E-state index in [-0.39, 0.29) is 6.04 Å². The highest BCUT2D eigenvalue weighted by Crippen LogP contribution is 2.20. The molecule has 0 saturated carbocycles. The van der Waals surface area contributed by atoms with E-state index in [4.69, 9.17) is 5.73 Å². The van der Waals surface area contributed by atoms with Crippen LogP contribution in [0.25, 0.3) is 0 Å². The van der Waals surface area contributed by atoms with Crippen LogP contribution in [0.3, 0.4) is 0 Å². The lowest BCUT2D eigenvalue weighted by molar-refractivity contribution is 0.679. The van der Waals surface area contributed by atoms with Gasteiger partial charge in [-0.3, -0.25) is 4.98 Å². The molecule has 0 saturated heterocycles. The Morgan fingerprint density at radius 3 is 2.25 bits per heavy atom. The molecule has 0 aliphatic rings. The van der Waals surface area contributed by atoms with Crippen LogP contribution in [0.4, 0.5) is 5.69 Å². The molecule has 1 aromatic heterocycles. The van der Waals surface area contributed by atoms with Gasteiger partial charge >= 0.3 is 0 Å². The first-order chi connectivity index (χ1) is 9.58. The minimum Gasteiger partial charge on any atom is -0.364 e. The zero-order chi connectivity index (χ0) is 14.5. The van der Waals surface area contributed by atoms with Crippen molar-refractivity contribution in [2.45, 2.75) is 39.4 Å². The van der Waals surface area contributed by atoms with Gasteiger partial charge in [-0.05, 0) is 38.5 Å². The molecule has 0 radical (unpaired) electrons. The molecule has 0 aliphatic carbocycles. The fraction of sp³-hybridized carbons (Fsp3) is 0.353. The van der Waals surface area contributed by atoms with Crippen LogP contribution in [0.5, 0.6) is 0 Å². The second kappa shape index (κ2) is 6.53. The molecule has 0 unspecified atom stereocenters. The van der Waals surface area contributed by atoms with Crippen molar-refractivity contribution in [3.63, 3.8) is 0 Å². The maximum absolute atomic E-state index is 5.85. The Morgan fingerprint density at radius 2 is 1.75 bits per heavy atom. The van der Waals surface area contributed by atoms with Gasteiger partial charge in [-0.1, -0.05) is 30.3 Å². The second-order valence-corrected chi connectivity index (χ2v) is 5.44. The Balaban J connectivity index is 2.20. The SMILES string of the molecule is CC(C)N(Cc1ccccc1)c1ccc([C@@H](C)N)nc1. The van der Waals surface area contributed by atoms with Crippen molar-refractivity contribution in [1.82, 2.24) is 4.98 Å². The van der Waals surface area contributed by atoms with E-state index < -0.39 is 0 Å². The standard InChI is InChI=1S/C17H23N3/c1-13(2)20(12-15-7-5-4-6-8-15)16-9-10-17(14(3)18)19-11-16/h4-11,13-14H,12,18H2,1-3H3/t14-/m1/s1. The molecule has 3 nitrogen and oxygen atoms in total. The van der Waals surface area contributed by atoms with Crippen LogP contribution < -0.4 is 10.6 Å². The van der Waals surface area contributed by atoms with Crippen molar-refractivity contribution < 1.29 is 0 Å². The summed E-state index contributed by atoms with van der Waals surface area (Å²) in [4.78, 5) is 6.80. The van der Waals surface area contributed by atoms with Crippen LogP contribution in [0.2, 0.25) is 0 Å². The minimum absolute atomic E-state index is 0.0225. The number of nitrogens with zero attached hydrogens (tertiary/aromatic N) is 2. The quantitative estimate of drug-likeness (QED) is 0.903. The molecule has 3 heteroatoms. The summed E-state index contributed by atoms with van der Waals surface area (Å²) in [6, 6.07) is 15.0. The van der Waals surface area contributed by atoms with Crippen molar-refractivity contribution in [3.8, 4) is 0 Å². The summed E-state index contributed by atoms with van der Waals surface area (Å²) in [6.07, 6.45) is 1.92. The van der Waals surface area contributed by atoms with Crippen LogP contribution in [0.15, 0.2) is 48.7 Å². The summed E-state index contributed by atoms with van der Waals surface area (Å²) in [5, 5.41) is 0.